The minimum absolute atomic E-state index is 0.0882. The summed E-state index contributed by atoms with van der Waals surface area (Å²) in [5.74, 6) is 0.987. The number of ether oxygens (including phenoxy) is 1. The molecule has 2 aliphatic rings. The maximum atomic E-state index is 13.4. The minimum Gasteiger partial charge on any atom is -0.490 e. The summed E-state index contributed by atoms with van der Waals surface area (Å²) in [6, 6.07) is 18.4. The number of hydrogen-bond donors (Lipinski definition) is 0. The zero-order valence-electron chi connectivity index (χ0n) is 22.9. The highest BCUT2D eigenvalue weighted by atomic mass is 35.5. The number of fused-ring (bicyclic) bond motifs is 3. The normalized spacial score (nSPS) is 21.4. The average molecular weight is 577 g/mol. The summed E-state index contributed by atoms with van der Waals surface area (Å²) in [4.78, 5) is 35.4. The topological polar surface area (TPSA) is 67.7 Å². The Balaban J connectivity index is 1.14. The van der Waals surface area contributed by atoms with Crippen LogP contribution in [-0.4, -0.2) is 63.6 Å². The first-order chi connectivity index (χ1) is 19.3. The zero-order valence-corrected chi connectivity index (χ0v) is 24.5. The van der Waals surface area contributed by atoms with E-state index in [-0.39, 0.29) is 23.6 Å². The van der Waals surface area contributed by atoms with Gasteiger partial charge in [0.25, 0.3) is 5.56 Å². The van der Waals surface area contributed by atoms with Gasteiger partial charge in [0.1, 0.15) is 22.9 Å². The van der Waals surface area contributed by atoms with E-state index in [4.69, 9.17) is 16.3 Å². The first-order valence-corrected chi connectivity index (χ1v) is 15.0. The van der Waals surface area contributed by atoms with Gasteiger partial charge < -0.3 is 9.64 Å². The molecule has 0 N–H and O–H groups in total. The van der Waals surface area contributed by atoms with Crippen LogP contribution in [0.5, 0.6) is 5.75 Å². The van der Waals surface area contributed by atoms with E-state index < -0.39 is 0 Å². The van der Waals surface area contributed by atoms with Crippen LogP contribution >= 0.6 is 22.9 Å². The minimum atomic E-state index is -0.0882. The van der Waals surface area contributed by atoms with Crippen LogP contribution in [0.2, 0.25) is 5.02 Å². The summed E-state index contributed by atoms with van der Waals surface area (Å²) in [6.07, 6.45) is 6.54. The summed E-state index contributed by atoms with van der Waals surface area (Å²) in [5, 5.41) is 0.679. The summed E-state index contributed by atoms with van der Waals surface area (Å²) in [6.45, 7) is 2.18. The number of aromatic nitrogens is 2. The molecule has 4 aromatic rings. The maximum absolute atomic E-state index is 13.4. The van der Waals surface area contributed by atoms with Crippen molar-refractivity contribution in [2.24, 2.45) is 0 Å². The molecule has 2 aliphatic heterocycles. The van der Waals surface area contributed by atoms with Gasteiger partial charge in [-0.15, -0.1) is 11.3 Å². The number of halogens is 1. The van der Waals surface area contributed by atoms with Gasteiger partial charge in [-0.1, -0.05) is 23.7 Å². The monoisotopic (exact) mass is 576 g/mol. The number of carbonyl (C=O) groups is 1. The van der Waals surface area contributed by atoms with Gasteiger partial charge in [-0.25, -0.2) is 4.98 Å². The van der Waals surface area contributed by atoms with Crippen LogP contribution in [0.3, 0.4) is 0 Å². The van der Waals surface area contributed by atoms with E-state index in [2.05, 4.69) is 16.8 Å². The summed E-state index contributed by atoms with van der Waals surface area (Å²) in [5.41, 5.74) is 2.37. The third kappa shape index (κ3) is 5.28. The maximum Gasteiger partial charge on any atom is 0.275 e. The fraction of sp³-hybridized carbons (Fsp3) is 0.387. The lowest BCUT2D eigenvalue weighted by Crippen LogP contribution is -2.51. The predicted octanol–water partition coefficient (Wildman–Crippen LogP) is 6.01. The second-order valence-electron chi connectivity index (χ2n) is 11.1. The quantitative estimate of drug-likeness (QED) is 0.270. The van der Waals surface area contributed by atoms with Crippen LogP contribution in [0, 0.1) is 0 Å². The van der Waals surface area contributed by atoms with Gasteiger partial charge in [0.2, 0.25) is 5.91 Å². The number of piperidine rings is 1. The number of carbonyl (C=O) groups excluding carboxylic acids is 1. The Hall–Kier alpha value is -3.20. The second-order valence-corrected chi connectivity index (χ2v) is 12.6. The van der Waals surface area contributed by atoms with Crippen LogP contribution in [0.15, 0.2) is 65.7 Å². The van der Waals surface area contributed by atoms with E-state index in [1.807, 2.05) is 68.7 Å². The first kappa shape index (κ1) is 27.0. The highest BCUT2D eigenvalue weighted by Crippen LogP contribution is 2.39. The van der Waals surface area contributed by atoms with Crippen LogP contribution in [0.25, 0.3) is 26.3 Å². The molecule has 40 heavy (non-hydrogen) atoms. The molecule has 0 spiro atoms. The third-order valence-electron chi connectivity index (χ3n) is 8.21. The first-order valence-electron chi connectivity index (χ1n) is 13.8. The van der Waals surface area contributed by atoms with Gasteiger partial charge >= 0.3 is 0 Å². The molecule has 4 heterocycles. The van der Waals surface area contributed by atoms with Crippen molar-refractivity contribution in [1.82, 2.24) is 19.4 Å². The van der Waals surface area contributed by atoms with Crippen molar-refractivity contribution in [1.29, 1.82) is 0 Å². The number of nitrogens with zero attached hydrogens (tertiary/aromatic N) is 4. The molecular formula is C31H33ClN4O3S. The van der Waals surface area contributed by atoms with Crippen LogP contribution in [-0.2, 0) is 4.79 Å². The molecule has 2 aromatic heterocycles. The lowest BCUT2D eigenvalue weighted by atomic mass is 9.96. The van der Waals surface area contributed by atoms with E-state index in [1.165, 1.54) is 11.3 Å². The molecular weight excluding hydrogens is 544 g/mol. The largest absolute Gasteiger partial charge is 0.490 e. The van der Waals surface area contributed by atoms with Gasteiger partial charge in [0.05, 0.1) is 11.2 Å². The molecule has 7 nitrogen and oxygen atoms in total. The highest BCUT2D eigenvalue weighted by molar-refractivity contribution is 7.22. The van der Waals surface area contributed by atoms with E-state index in [1.54, 1.807) is 15.8 Å². The second kappa shape index (κ2) is 11.0. The average Bonchev–Trinajstić information content (AvgIpc) is 3.49. The molecule has 208 valence electrons. The summed E-state index contributed by atoms with van der Waals surface area (Å²) < 4.78 is 8.63. The SMILES string of the molecule is CC(CC(=O)N(C)C)N1C2CCC1CC(Oc1ccc(-n3cnc4cc(-c5ccc(Cl)cc5)sc4c3=O)cc1)C2. The fourth-order valence-electron chi connectivity index (χ4n) is 6.25. The van der Waals surface area contributed by atoms with E-state index >= 15 is 0 Å². The van der Waals surface area contributed by atoms with Gasteiger partial charge in [-0.2, -0.15) is 0 Å². The number of amides is 1. The number of thiophene rings is 1. The van der Waals surface area contributed by atoms with Crippen molar-refractivity contribution in [3.63, 3.8) is 0 Å². The predicted molar refractivity (Wildman–Crippen MR) is 161 cm³/mol. The number of hydrogen-bond acceptors (Lipinski definition) is 6. The standard InChI is InChI=1S/C31H33ClN4O3S/c1-19(14-29(37)34(2)3)36-23-8-9-24(36)16-26(15-23)39-25-12-10-22(11-13-25)35-18-33-27-17-28(40-30(27)31(35)38)20-4-6-21(32)7-5-20/h4-7,10-13,17-19,23-24,26H,8-9,14-16H2,1-3H3. The van der Waals surface area contributed by atoms with Crippen molar-refractivity contribution in [2.75, 3.05) is 14.1 Å². The lowest BCUT2D eigenvalue weighted by molar-refractivity contribution is -0.130. The van der Waals surface area contributed by atoms with Crippen molar-refractivity contribution < 1.29 is 9.53 Å². The summed E-state index contributed by atoms with van der Waals surface area (Å²) >= 11 is 7.47. The molecule has 3 unspecified atom stereocenters. The molecule has 6 rings (SSSR count). The van der Waals surface area contributed by atoms with Gasteiger partial charge in [0.15, 0.2) is 0 Å². The molecule has 2 bridgehead atoms. The number of rotatable bonds is 7. The zero-order chi connectivity index (χ0) is 28.0. The number of benzene rings is 2. The molecule has 0 saturated carbocycles. The third-order valence-corrected chi connectivity index (χ3v) is 9.62. The Bertz CT molecular complexity index is 1570. The fourth-order valence-corrected chi connectivity index (χ4v) is 7.42. The van der Waals surface area contributed by atoms with Crippen molar-refractivity contribution in [3.05, 3.63) is 76.3 Å². The molecule has 2 saturated heterocycles. The molecule has 2 fully saturated rings. The van der Waals surface area contributed by atoms with Crippen molar-refractivity contribution >= 4 is 39.1 Å². The molecule has 1 amide bonds. The Morgan fingerprint density at radius 3 is 2.42 bits per heavy atom. The molecule has 0 aliphatic carbocycles. The van der Waals surface area contributed by atoms with Crippen LogP contribution < -0.4 is 10.3 Å². The van der Waals surface area contributed by atoms with Crippen LogP contribution in [0.1, 0.15) is 39.0 Å². The van der Waals surface area contributed by atoms with Gasteiger partial charge in [0, 0.05) is 48.5 Å². The Labute approximate surface area is 243 Å². The highest BCUT2D eigenvalue weighted by Gasteiger charge is 2.43. The van der Waals surface area contributed by atoms with Crippen molar-refractivity contribution in [3.8, 4) is 21.9 Å². The Kier molecular flexibility index (Phi) is 7.42. The smallest absolute Gasteiger partial charge is 0.275 e. The molecule has 2 aromatic carbocycles. The van der Waals surface area contributed by atoms with Crippen molar-refractivity contribution in [2.45, 2.75) is 63.3 Å². The molecule has 9 heteroatoms. The van der Waals surface area contributed by atoms with E-state index in [0.29, 0.717) is 33.7 Å². The van der Waals surface area contributed by atoms with Gasteiger partial charge in [-0.3, -0.25) is 19.1 Å². The summed E-state index contributed by atoms with van der Waals surface area (Å²) in [7, 11) is 3.64. The molecule has 0 radical (unpaired) electrons. The van der Waals surface area contributed by atoms with Gasteiger partial charge in [-0.05, 0) is 80.6 Å². The lowest BCUT2D eigenvalue weighted by Gasteiger charge is -2.42. The van der Waals surface area contributed by atoms with E-state index in [9.17, 15) is 9.59 Å². The van der Waals surface area contributed by atoms with E-state index in [0.717, 1.165) is 47.6 Å². The molecule has 3 atom stereocenters. The van der Waals surface area contributed by atoms with Crippen LogP contribution in [0.4, 0.5) is 0 Å². The Morgan fingerprint density at radius 1 is 1.10 bits per heavy atom. The Morgan fingerprint density at radius 2 is 1.77 bits per heavy atom.